The number of rotatable bonds is 6. The molecule has 1 atom stereocenters. The van der Waals surface area contributed by atoms with Gasteiger partial charge in [0, 0.05) is 55.9 Å². The van der Waals surface area contributed by atoms with Gasteiger partial charge >= 0.3 is 0 Å². The number of aryl methyl sites for hydroxylation is 1. The standard InChI is InChI=1S/C20H23ClF2N4O/c1-2-14-10-25-18(26-11-14)12-24-13-20(23)5-7-27(8-6-20)19(28)15-3-4-17(22)16(21)9-15/h3-4,9-11,24H,2,5-8,12-13H2,1H3/i2D2,5D2,12D2. The number of amides is 1. The second-order valence-corrected chi connectivity index (χ2v) is 6.68. The highest BCUT2D eigenvalue weighted by molar-refractivity contribution is 6.31. The Bertz CT molecular complexity index is 1070. The summed E-state index contributed by atoms with van der Waals surface area (Å²) in [6.45, 7) is -2.60. The predicted molar refractivity (Wildman–Crippen MR) is 104 cm³/mol. The minimum atomic E-state index is -2.53. The number of benzene rings is 1. The lowest BCUT2D eigenvalue weighted by Gasteiger charge is -2.36. The third kappa shape index (κ3) is 5.02. The first-order chi connectivity index (χ1) is 15.6. The zero-order valence-electron chi connectivity index (χ0n) is 21.1. The molecule has 0 bridgehead atoms. The predicted octanol–water partition coefficient (Wildman–Crippen LogP) is 3.57. The van der Waals surface area contributed by atoms with E-state index in [1.54, 1.807) is 0 Å². The molecule has 1 aliphatic rings. The van der Waals surface area contributed by atoms with Crippen LogP contribution in [0.3, 0.4) is 0 Å². The lowest BCUT2D eigenvalue weighted by molar-refractivity contribution is 0.0434. The molecule has 28 heavy (non-hydrogen) atoms. The van der Waals surface area contributed by atoms with Crippen molar-refractivity contribution in [1.29, 1.82) is 0 Å². The van der Waals surface area contributed by atoms with E-state index in [0.717, 1.165) is 29.4 Å². The van der Waals surface area contributed by atoms with E-state index in [-0.39, 0.29) is 28.5 Å². The van der Waals surface area contributed by atoms with Gasteiger partial charge in [-0.3, -0.25) is 4.79 Å². The van der Waals surface area contributed by atoms with E-state index in [9.17, 15) is 9.18 Å². The summed E-state index contributed by atoms with van der Waals surface area (Å²) in [6.07, 6.45) is -2.39. The van der Waals surface area contributed by atoms with Gasteiger partial charge in [-0.05, 0) is 30.1 Å². The smallest absolute Gasteiger partial charge is 0.253 e. The number of aromatic nitrogens is 2. The molecule has 1 N–H and O–H groups in total. The molecule has 0 aliphatic carbocycles. The molecule has 1 aromatic heterocycles. The fourth-order valence-corrected chi connectivity index (χ4v) is 2.82. The Kier molecular flexibility index (Phi) is 4.45. The van der Waals surface area contributed by atoms with Gasteiger partial charge in [-0.15, -0.1) is 0 Å². The van der Waals surface area contributed by atoms with Gasteiger partial charge in [0.1, 0.15) is 17.3 Å². The van der Waals surface area contributed by atoms with E-state index in [2.05, 4.69) is 15.3 Å². The maximum Gasteiger partial charge on any atom is 0.253 e. The fraction of sp³-hybridized carbons (Fsp3) is 0.450. The Balaban J connectivity index is 1.69. The molecule has 1 aliphatic heterocycles. The molecule has 0 spiro atoms. The molecule has 150 valence electrons. The van der Waals surface area contributed by atoms with E-state index < -0.39 is 56.1 Å². The van der Waals surface area contributed by atoms with Gasteiger partial charge in [-0.2, -0.15) is 0 Å². The van der Waals surface area contributed by atoms with Crippen molar-refractivity contribution in [3.63, 3.8) is 0 Å². The Morgan fingerprint density at radius 3 is 2.82 bits per heavy atom. The SMILES string of the molecule is [2H]C([2H])(C)c1cnc(C([2H])([2H])NCC2(F)CCN(C(=O)c3ccc(F)c(Cl)c3)CC2([2H])[2H])nc1. The number of piperidine rings is 1. The molecule has 2 aromatic rings. The number of likely N-dealkylation sites (tertiary alicyclic amines) is 1. The van der Waals surface area contributed by atoms with Crippen molar-refractivity contribution < 1.29 is 21.8 Å². The van der Waals surface area contributed by atoms with E-state index in [4.69, 9.17) is 19.8 Å². The number of carbonyl (C=O) groups excluding carboxylic acids is 1. The van der Waals surface area contributed by atoms with E-state index in [1.165, 1.54) is 13.0 Å². The molecule has 1 saturated heterocycles. The van der Waals surface area contributed by atoms with Gasteiger partial charge in [0.15, 0.2) is 0 Å². The van der Waals surface area contributed by atoms with Crippen molar-refractivity contribution in [2.45, 2.75) is 38.3 Å². The van der Waals surface area contributed by atoms with Crippen molar-refractivity contribution >= 4 is 17.5 Å². The van der Waals surface area contributed by atoms with E-state index in [1.807, 2.05) is 0 Å². The first-order valence-corrected chi connectivity index (χ1v) is 8.95. The molecule has 1 fully saturated rings. The van der Waals surface area contributed by atoms with Crippen LogP contribution in [-0.4, -0.2) is 46.1 Å². The van der Waals surface area contributed by atoms with E-state index in [0.29, 0.717) is 0 Å². The summed E-state index contributed by atoms with van der Waals surface area (Å²) in [6, 6.07) is 3.35. The average Bonchev–Trinajstić information content (AvgIpc) is 2.75. The second kappa shape index (κ2) is 8.92. The molecular weight excluding hydrogens is 386 g/mol. The summed E-state index contributed by atoms with van der Waals surface area (Å²) < 4.78 is 77.0. The number of hydrogen-bond acceptors (Lipinski definition) is 4. The van der Waals surface area contributed by atoms with Crippen LogP contribution in [0, 0.1) is 5.82 Å². The van der Waals surface area contributed by atoms with Gasteiger partial charge in [0.25, 0.3) is 5.91 Å². The maximum absolute atomic E-state index is 15.7. The molecule has 3 rings (SSSR count). The number of nitrogens with one attached hydrogen (secondary N) is 1. The Labute approximate surface area is 176 Å². The number of nitrogens with zero attached hydrogens (tertiary/aromatic N) is 3. The quantitative estimate of drug-likeness (QED) is 0.785. The number of alkyl halides is 1. The minimum Gasteiger partial charge on any atom is -0.338 e. The monoisotopic (exact) mass is 414 g/mol. The number of halogens is 3. The molecule has 2 heterocycles. The number of hydrogen-bond donors (Lipinski definition) is 1. The highest BCUT2D eigenvalue weighted by atomic mass is 35.5. The molecule has 8 heteroatoms. The van der Waals surface area contributed by atoms with Crippen LogP contribution in [0.1, 0.15) is 49.7 Å². The molecule has 1 unspecified atom stereocenters. The molecule has 1 amide bonds. The zero-order chi connectivity index (χ0) is 25.5. The number of carbonyl (C=O) groups is 1. The van der Waals surface area contributed by atoms with Crippen LogP contribution < -0.4 is 5.32 Å². The molecule has 1 aromatic carbocycles. The third-order valence-corrected chi connectivity index (χ3v) is 4.62. The minimum absolute atomic E-state index is 0.0417. The first-order valence-electron chi connectivity index (χ1n) is 11.6. The largest absolute Gasteiger partial charge is 0.338 e. The summed E-state index contributed by atoms with van der Waals surface area (Å²) >= 11 is 5.71. The topological polar surface area (TPSA) is 58.1 Å². The second-order valence-electron chi connectivity index (χ2n) is 6.27. The highest BCUT2D eigenvalue weighted by Gasteiger charge is 2.36. The summed E-state index contributed by atoms with van der Waals surface area (Å²) in [7, 11) is 0. The zero-order valence-corrected chi connectivity index (χ0v) is 15.9. The summed E-state index contributed by atoms with van der Waals surface area (Å²) in [5, 5.41) is 2.06. The van der Waals surface area contributed by atoms with Crippen LogP contribution in [-0.2, 0) is 12.9 Å². The fourth-order valence-electron chi connectivity index (χ4n) is 2.64. The highest BCUT2D eigenvalue weighted by Crippen LogP contribution is 2.27. The Morgan fingerprint density at radius 2 is 2.18 bits per heavy atom. The van der Waals surface area contributed by atoms with Crippen molar-refractivity contribution in [2.24, 2.45) is 0 Å². The summed E-state index contributed by atoms with van der Waals surface area (Å²) in [4.78, 5) is 21.5. The van der Waals surface area contributed by atoms with Crippen LogP contribution in [0.25, 0.3) is 0 Å². The Hall–Kier alpha value is -2.12. The molecule has 0 radical (unpaired) electrons. The van der Waals surface area contributed by atoms with Crippen LogP contribution in [0.5, 0.6) is 0 Å². The van der Waals surface area contributed by atoms with Gasteiger partial charge in [0.2, 0.25) is 0 Å². The van der Waals surface area contributed by atoms with Crippen molar-refractivity contribution in [2.75, 3.05) is 19.6 Å². The first kappa shape index (κ1) is 14.0. The van der Waals surface area contributed by atoms with Crippen LogP contribution in [0.2, 0.25) is 5.02 Å². The van der Waals surface area contributed by atoms with Gasteiger partial charge in [-0.1, -0.05) is 18.5 Å². The molecular formula is C20H23ClF2N4O. The summed E-state index contributed by atoms with van der Waals surface area (Å²) in [5.74, 6) is -1.69. The summed E-state index contributed by atoms with van der Waals surface area (Å²) in [5.41, 5.74) is -2.33. The van der Waals surface area contributed by atoms with Gasteiger partial charge in [0.05, 0.1) is 14.3 Å². The van der Waals surface area contributed by atoms with Crippen LogP contribution >= 0.6 is 11.6 Å². The van der Waals surface area contributed by atoms with Crippen molar-refractivity contribution in [3.8, 4) is 0 Å². The normalized spacial score (nSPS) is 25.6. The molecule has 0 saturated carbocycles. The third-order valence-electron chi connectivity index (χ3n) is 4.33. The van der Waals surface area contributed by atoms with Crippen LogP contribution in [0.15, 0.2) is 30.6 Å². The lowest BCUT2D eigenvalue weighted by Crippen LogP contribution is -2.48. The van der Waals surface area contributed by atoms with E-state index >= 15 is 4.39 Å². The van der Waals surface area contributed by atoms with Crippen molar-refractivity contribution in [1.82, 2.24) is 20.2 Å². The Morgan fingerprint density at radius 1 is 1.43 bits per heavy atom. The van der Waals surface area contributed by atoms with Gasteiger partial charge in [-0.25, -0.2) is 18.7 Å². The maximum atomic E-state index is 15.7. The average molecular weight is 415 g/mol. The lowest BCUT2D eigenvalue weighted by atomic mass is 9.92. The van der Waals surface area contributed by atoms with Gasteiger partial charge < -0.3 is 10.2 Å². The van der Waals surface area contributed by atoms with Crippen molar-refractivity contribution in [3.05, 3.63) is 58.4 Å². The molecule has 5 nitrogen and oxygen atoms in total. The van der Waals surface area contributed by atoms with Crippen LogP contribution in [0.4, 0.5) is 8.78 Å².